The first-order valence-corrected chi connectivity index (χ1v) is 10.3. The fourth-order valence-electron chi connectivity index (χ4n) is 3.56. The third kappa shape index (κ3) is 3.27. The number of rotatable bonds is 4. The number of aromatic nitrogens is 1. The summed E-state index contributed by atoms with van der Waals surface area (Å²) in [7, 11) is -3.78. The normalized spacial score (nSPS) is 16.1. The average Bonchev–Trinajstić information content (AvgIpc) is 3.27. The van der Waals surface area contributed by atoms with Gasteiger partial charge in [0, 0.05) is 29.9 Å². The molecule has 1 N–H and O–H groups in total. The fraction of sp³-hybridized carbons (Fsp3) is 0.200. The number of benzene rings is 2. The predicted molar refractivity (Wildman–Crippen MR) is 106 cm³/mol. The van der Waals surface area contributed by atoms with Gasteiger partial charge in [-0.25, -0.2) is 13.4 Å². The van der Waals surface area contributed by atoms with Crippen LogP contribution in [0, 0.1) is 0 Å². The molecule has 3 aromatic rings. The van der Waals surface area contributed by atoms with Crippen LogP contribution in [0.5, 0.6) is 0 Å². The molecule has 1 aliphatic rings. The van der Waals surface area contributed by atoms with E-state index in [0.717, 1.165) is 16.8 Å². The SMILES string of the molecule is CC(=O)N1c2ccc(S(=O)(=O)Nc3cccc(-c4cnco4)c3)cc2C[C@@H]1C. The van der Waals surface area contributed by atoms with Crippen LogP contribution in [-0.2, 0) is 21.2 Å². The van der Waals surface area contributed by atoms with E-state index in [1.54, 1.807) is 41.4 Å². The second-order valence-corrected chi connectivity index (χ2v) is 8.47. The lowest BCUT2D eigenvalue weighted by atomic mass is 10.1. The molecule has 1 amide bonds. The molecular formula is C20H19N3O4S. The molecule has 1 atom stereocenters. The Hall–Kier alpha value is -3.13. The second kappa shape index (κ2) is 6.79. The molecular weight excluding hydrogens is 378 g/mol. The summed E-state index contributed by atoms with van der Waals surface area (Å²) >= 11 is 0. The molecule has 1 aliphatic heterocycles. The molecule has 2 heterocycles. The molecule has 0 aliphatic carbocycles. The largest absolute Gasteiger partial charge is 0.444 e. The number of carbonyl (C=O) groups is 1. The number of nitrogens with one attached hydrogen (secondary N) is 1. The molecule has 0 fully saturated rings. The van der Waals surface area contributed by atoms with Gasteiger partial charge in [0.25, 0.3) is 10.0 Å². The maximum absolute atomic E-state index is 12.9. The summed E-state index contributed by atoms with van der Waals surface area (Å²) in [5.74, 6) is 0.501. The minimum Gasteiger partial charge on any atom is -0.444 e. The van der Waals surface area contributed by atoms with Crippen LogP contribution in [0.25, 0.3) is 11.3 Å². The summed E-state index contributed by atoms with van der Waals surface area (Å²) in [6.45, 7) is 3.46. The lowest BCUT2D eigenvalue weighted by Gasteiger charge is -2.20. The predicted octanol–water partition coefficient (Wildman–Crippen LogP) is 3.44. The number of anilines is 2. The van der Waals surface area contributed by atoms with Gasteiger partial charge in [-0.1, -0.05) is 12.1 Å². The zero-order valence-electron chi connectivity index (χ0n) is 15.4. The van der Waals surface area contributed by atoms with E-state index >= 15 is 0 Å². The Morgan fingerprint density at radius 2 is 2.07 bits per heavy atom. The van der Waals surface area contributed by atoms with E-state index in [9.17, 15) is 13.2 Å². The van der Waals surface area contributed by atoms with Gasteiger partial charge in [0.15, 0.2) is 12.2 Å². The van der Waals surface area contributed by atoms with Gasteiger partial charge >= 0.3 is 0 Å². The quantitative estimate of drug-likeness (QED) is 0.728. The van der Waals surface area contributed by atoms with E-state index in [1.165, 1.54) is 19.4 Å². The standard InChI is InChI=1S/C20H19N3O4S/c1-13-8-16-10-18(6-7-19(16)23(13)14(2)24)28(25,26)22-17-5-3-4-15(9-17)20-11-21-12-27-20/h3-7,9-13,22H,8H2,1-2H3/t13-/m0/s1. The van der Waals surface area contributed by atoms with E-state index in [1.807, 2.05) is 13.0 Å². The average molecular weight is 397 g/mol. The highest BCUT2D eigenvalue weighted by Gasteiger charge is 2.30. The molecule has 144 valence electrons. The Kier molecular flexibility index (Phi) is 4.43. The van der Waals surface area contributed by atoms with Crippen LogP contribution >= 0.6 is 0 Å². The highest BCUT2D eigenvalue weighted by atomic mass is 32.2. The van der Waals surface area contributed by atoms with Crippen molar-refractivity contribution in [2.24, 2.45) is 0 Å². The molecule has 1 aromatic heterocycles. The van der Waals surface area contributed by atoms with E-state index in [-0.39, 0.29) is 16.8 Å². The van der Waals surface area contributed by atoms with Crippen molar-refractivity contribution in [2.75, 3.05) is 9.62 Å². The Balaban J connectivity index is 1.63. The number of oxazole rings is 1. The number of hydrogen-bond acceptors (Lipinski definition) is 5. The zero-order valence-corrected chi connectivity index (χ0v) is 16.2. The Labute approximate surface area is 163 Å². The highest BCUT2D eigenvalue weighted by Crippen LogP contribution is 2.34. The van der Waals surface area contributed by atoms with Crippen molar-refractivity contribution in [1.82, 2.24) is 4.98 Å². The van der Waals surface area contributed by atoms with Crippen LogP contribution < -0.4 is 9.62 Å². The van der Waals surface area contributed by atoms with Crippen molar-refractivity contribution in [3.8, 4) is 11.3 Å². The minimum atomic E-state index is -3.78. The van der Waals surface area contributed by atoms with Gasteiger partial charge in [-0.2, -0.15) is 0 Å². The molecule has 0 spiro atoms. The first-order chi connectivity index (χ1) is 13.3. The van der Waals surface area contributed by atoms with E-state index in [4.69, 9.17) is 4.42 Å². The number of sulfonamides is 1. The van der Waals surface area contributed by atoms with Gasteiger partial charge < -0.3 is 9.32 Å². The van der Waals surface area contributed by atoms with Gasteiger partial charge in [0.2, 0.25) is 5.91 Å². The fourth-order valence-corrected chi connectivity index (χ4v) is 4.66. The van der Waals surface area contributed by atoms with Gasteiger partial charge in [-0.05, 0) is 49.2 Å². The Bertz CT molecular complexity index is 1140. The molecule has 0 saturated heterocycles. The summed E-state index contributed by atoms with van der Waals surface area (Å²) in [6.07, 6.45) is 3.51. The van der Waals surface area contributed by atoms with Crippen molar-refractivity contribution in [3.05, 3.63) is 60.6 Å². The lowest BCUT2D eigenvalue weighted by Crippen LogP contribution is -2.33. The lowest BCUT2D eigenvalue weighted by molar-refractivity contribution is -0.116. The second-order valence-electron chi connectivity index (χ2n) is 6.78. The first kappa shape index (κ1) is 18.2. The summed E-state index contributed by atoms with van der Waals surface area (Å²) in [4.78, 5) is 17.6. The first-order valence-electron chi connectivity index (χ1n) is 8.79. The third-order valence-corrected chi connectivity index (χ3v) is 6.13. The topological polar surface area (TPSA) is 92.5 Å². The van der Waals surface area contributed by atoms with Gasteiger partial charge in [0.05, 0.1) is 11.1 Å². The Morgan fingerprint density at radius 1 is 1.25 bits per heavy atom. The van der Waals surface area contributed by atoms with Crippen LogP contribution in [0.15, 0.2) is 64.4 Å². The van der Waals surface area contributed by atoms with Crippen LogP contribution in [0.1, 0.15) is 19.4 Å². The van der Waals surface area contributed by atoms with E-state index < -0.39 is 10.0 Å². The number of hydrogen-bond donors (Lipinski definition) is 1. The number of fused-ring (bicyclic) bond motifs is 1. The minimum absolute atomic E-state index is 0.0111. The highest BCUT2D eigenvalue weighted by molar-refractivity contribution is 7.92. The molecule has 8 heteroatoms. The van der Waals surface area contributed by atoms with Gasteiger partial charge in [-0.15, -0.1) is 0 Å². The molecule has 0 radical (unpaired) electrons. The summed E-state index contributed by atoms with van der Waals surface area (Å²) < 4.78 is 33.6. The van der Waals surface area contributed by atoms with Crippen molar-refractivity contribution in [3.63, 3.8) is 0 Å². The zero-order chi connectivity index (χ0) is 19.9. The van der Waals surface area contributed by atoms with Crippen LogP contribution in [-0.4, -0.2) is 25.4 Å². The number of carbonyl (C=O) groups excluding carboxylic acids is 1. The summed E-state index contributed by atoms with van der Waals surface area (Å²) in [5, 5.41) is 0. The summed E-state index contributed by atoms with van der Waals surface area (Å²) in [5.41, 5.74) is 2.76. The molecule has 0 saturated carbocycles. The monoisotopic (exact) mass is 397 g/mol. The van der Waals surface area contributed by atoms with Crippen molar-refractivity contribution in [2.45, 2.75) is 31.2 Å². The Morgan fingerprint density at radius 3 is 2.79 bits per heavy atom. The van der Waals surface area contributed by atoms with E-state index in [2.05, 4.69) is 9.71 Å². The van der Waals surface area contributed by atoms with Crippen molar-refractivity contribution in [1.29, 1.82) is 0 Å². The third-order valence-electron chi connectivity index (χ3n) is 4.75. The van der Waals surface area contributed by atoms with Gasteiger partial charge in [0.1, 0.15) is 0 Å². The maximum Gasteiger partial charge on any atom is 0.261 e. The molecule has 4 rings (SSSR count). The molecule has 2 aromatic carbocycles. The van der Waals surface area contributed by atoms with Gasteiger partial charge in [-0.3, -0.25) is 9.52 Å². The van der Waals surface area contributed by atoms with Crippen molar-refractivity contribution < 1.29 is 17.6 Å². The van der Waals surface area contributed by atoms with Crippen LogP contribution in [0.4, 0.5) is 11.4 Å². The summed E-state index contributed by atoms with van der Waals surface area (Å²) in [6, 6.07) is 11.8. The van der Waals surface area contributed by atoms with Crippen molar-refractivity contribution >= 4 is 27.3 Å². The van der Waals surface area contributed by atoms with Crippen LogP contribution in [0.3, 0.4) is 0 Å². The van der Waals surface area contributed by atoms with E-state index in [0.29, 0.717) is 17.9 Å². The smallest absolute Gasteiger partial charge is 0.261 e. The van der Waals surface area contributed by atoms with Crippen LogP contribution in [0.2, 0.25) is 0 Å². The maximum atomic E-state index is 12.9. The number of amides is 1. The number of nitrogens with zero attached hydrogens (tertiary/aromatic N) is 2. The molecule has 0 unspecified atom stereocenters. The molecule has 0 bridgehead atoms. The molecule has 28 heavy (non-hydrogen) atoms. The molecule has 7 nitrogen and oxygen atoms in total.